The minimum atomic E-state index is -0.283. The van der Waals surface area contributed by atoms with Gasteiger partial charge in [0.05, 0.1) is 5.41 Å². The second kappa shape index (κ2) is 6.68. The number of rotatable bonds is 6. The number of ether oxygens (including phenoxy) is 1. The second-order valence-corrected chi connectivity index (χ2v) is 6.32. The Morgan fingerprint density at radius 1 is 1.35 bits per heavy atom. The van der Waals surface area contributed by atoms with E-state index in [0.29, 0.717) is 30.8 Å². The van der Waals surface area contributed by atoms with Gasteiger partial charge in [-0.3, -0.25) is 0 Å². The molecule has 1 aromatic heterocycles. The lowest BCUT2D eigenvalue weighted by Gasteiger charge is -2.27. The summed E-state index contributed by atoms with van der Waals surface area (Å²) < 4.78 is 11.3. The molecule has 0 spiro atoms. The van der Waals surface area contributed by atoms with Gasteiger partial charge in [0.15, 0.2) is 0 Å². The normalized spacial score (nSPS) is 19.2. The molecule has 0 saturated heterocycles. The molecule has 1 atom stereocenters. The predicted octanol–water partition coefficient (Wildman–Crippen LogP) is 2.96. The van der Waals surface area contributed by atoms with Crippen LogP contribution in [0.3, 0.4) is 0 Å². The van der Waals surface area contributed by atoms with Gasteiger partial charge in [0, 0.05) is 13.2 Å². The molecule has 5 heteroatoms. The minimum absolute atomic E-state index is 0.0358. The van der Waals surface area contributed by atoms with E-state index in [1.807, 2.05) is 20.8 Å². The molecule has 1 aliphatic rings. The van der Waals surface area contributed by atoms with E-state index in [4.69, 9.17) is 15.0 Å². The fourth-order valence-electron chi connectivity index (χ4n) is 2.75. The Morgan fingerprint density at radius 3 is 2.65 bits per heavy atom. The number of nitrogens with two attached hydrogens (primary N) is 1. The van der Waals surface area contributed by atoms with Crippen molar-refractivity contribution >= 4 is 0 Å². The van der Waals surface area contributed by atoms with Crippen LogP contribution < -0.4 is 5.73 Å². The summed E-state index contributed by atoms with van der Waals surface area (Å²) >= 11 is 0. The number of aromatic nitrogens is 2. The maximum Gasteiger partial charge on any atom is 0.233 e. The van der Waals surface area contributed by atoms with Crippen LogP contribution in [0.15, 0.2) is 4.52 Å². The topological polar surface area (TPSA) is 74.2 Å². The van der Waals surface area contributed by atoms with Gasteiger partial charge < -0.3 is 15.0 Å². The van der Waals surface area contributed by atoms with Gasteiger partial charge in [-0.05, 0) is 39.5 Å². The van der Waals surface area contributed by atoms with E-state index >= 15 is 0 Å². The maximum absolute atomic E-state index is 5.91. The van der Waals surface area contributed by atoms with Crippen LogP contribution in [0.25, 0.3) is 0 Å². The molecule has 1 aliphatic carbocycles. The highest BCUT2D eigenvalue weighted by Crippen LogP contribution is 2.36. The Hall–Kier alpha value is -0.940. The maximum atomic E-state index is 5.91. The molecular weight excluding hydrogens is 254 g/mol. The lowest BCUT2D eigenvalue weighted by Crippen LogP contribution is -2.28. The van der Waals surface area contributed by atoms with Gasteiger partial charge >= 0.3 is 0 Å². The molecule has 1 unspecified atom stereocenters. The van der Waals surface area contributed by atoms with Crippen molar-refractivity contribution in [1.82, 2.24) is 10.1 Å². The zero-order valence-corrected chi connectivity index (χ0v) is 12.9. The molecule has 0 radical (unpaired) electrons. The Kier molecular flexibility index (Phi) is 5.16. The van der Waals surface area contributed by atoms with Gasteiger partial charge in [0.25, 0.3) is 0 Å². The van der Waals surface area contributed by atoms with Gasteiger partial charge in [-0.15, -0.1) is 0 Å². The van der Waals surface area contributed by atoms with E-state index in [1.54, 1.807) is 0 Å². The quantitative estimate of drug-likeness (QED) is 0.867. The highest BCUT2D eigenvalue weighted by molar-refractivity contribution is 5.04. The van der Waals surface area contributed by atoms with Crippen LogP contribution in [0.2, 0.25) is 0 Å². The third kappa shape index (κ3) is 3.38. The van der Waals surface area contributed by atoms with Crippen LogP contribution in [-0.2, 0) is 10.2 Å². The number of hydrogen-bond donors (Lipinski definition) is 1. The van der Waals surface area contributed by atoms with Gasteiger partial charge in [0.1, 0.15) is 6.10 Å². The summed E-state index contributed by atoms with van der Waals surface area (Å²) in [4.78, 5) is 4.56. The summed E-state index contributed by atoms with van der Waals surface area (Å²) in [5.41, 5.74) is 5.48. The first-order chi connectivity index (χ1) is 9.58. The fraction of sp³-hybridized carbons (Fsp3) is 0.867. The molecule has 1 heterocycles. The van der Waals surface area contributed by atoms with Crippen LogP contribution in [0, 0.1) is 5.92 Å². The lowest BCUT2D eigenvalue weighted by molar-refractivity contribution is -0.00145. The average Bonchev–Trinajstić information content (AvgIpc) is 2.96. The molecule has 1 fully saturated rings. The summed E-state index contributed by atoms with van der Waals surface area (Å²) in [6.07, 6.45) is 6.21. The molecule has 2 rings (SSSR count). The first-order valence-electron chi connectivity index (χ1n) is 7.74. The van der Waals surface area contributed by atoms with E-state index in [1.165, 1.54) is 32.1 Å². The lowest BCUT2D eigenvalue weighted by atomic mass is 9.85. The molecular formula is C15H27N3O2. The number of hydrogen-bond acceptors (Lipinski definition) is 5. The Bertz CT molecular complexity index is 411. The van der Waals surface area contributed by atoms with E-state index in [9.17, 15) is 0 Å². The van der Waals surface area contributed by atoms with Crippen LogP contribution in [0.1, 0.15) is 70.7 Å². The van der Waals surface area contributed by atoms with Crippen molar-refractivity contribution in [3.8, 4) is 0 Å². The van der Waals surface area contributed by atoms with Crippen molar-refractivity contribution < 1.29 is 9.26 Å². The predicted molar refractivity (Wildman–Crippen MR) is 77.3 cm³/mol. The van der Waals surface area contributed by atoms with Crippen molar-refractivity contribution in [2.75, 3.05) is 13.2 Å². The smallest absolute Gasteiger partial charge is 0.233 e. The molecule has 114 valence electrons. The second-order valence-electron chi connectivity index (χ2n) is 6.32. The first kappa shape index (κ1) is 15.4. The Morgan fingerprint density at radius 2 is 2.05 bits per heavy atom. The largest absolute Gasteiger partial charge is 0.370 e. The average molecular weight is 281 g/mol. The van der Waals surface area contributed by atoms with Gasteiger partial charge in [-0.25, -0.2) is 0 Å². The first-order valence-corrected chi connectivity index (χ1v) is 7.74. The van der Waals surface area contributed by atoms with E-state index in [2.05, 4.69) is 10.1 Å². The molecule has 2 N–H and O–H groups in total. The van der Waals surface area contributed by atoms with Gasteiger partial charge in [-0.2, -0.15) is 4.98 Å². The fourth-order valence-corrected chi connectivity index (χ4v) is 2.75. The van der Waals surface area contributed by atoms with Gasteiger partial charge in [0.2, 0.25) is 11.7 Å². The Labute approximate surface area is 121 Å². The van der Waals surface area contributed by atoms with Crippen LogP contribution in [0.4, 0.5) is 0 Å². The monoisotopic (exact) mass is 281 g/mol. The van der Waals surface area contributed by atoms with Crippen LogP contribution >= 0.6 is 0 Å². The molecule has 0 bridgehead atoms. The Balaban J connectivity index is 2.17. The van der Waals surface area contributed by atoms with E-state index in [0.717, 1.165) is 0 Å². The standard InChI is InChI=1S/C15H27N3O2/c1-4-19-12(11-8-6-5-7-9-11)13-17-14(20-18-13)15(2,3)10-16/h11-12H,4-10,16H2,1-3H3. The molecule has 1 saturated carbocycles. The molecule has 5 nitrogen and oxygen atoms in total. The highest BCUT2D eigenvalue weighted by Gasteiger charge is 2.32. The third-order valence-corrected chi connectivity index (χ3v) is 4.21. The van der Waals surface area contributed by atoms with E-state index in [-0.39, 0.29) is 11.5 Å². The molecule has 0 aromatic carbocycles. The molecule has 0 aliphatic heterocycles. The van der Waals surface area contributed by atoms with Crippen molar-refractivity contribution in [2.45, 2.75) is 64.4 Å². The zero-order valence-electron chi connectivity index (χ0n) is 12.9. The summed E-state index contributed by atoms with van der Waals surface area (Å²) in [7, 11) is 0. The SMILES string of the molecule is CCOC(c1noc(C(C)(C)CN)n1)C1CCCCC1. The van der Waals surface area contributed by atoms with Crippen molar-refractivity contribution in [3.05, 3.63) is 11.7 Å². The van der Waals surface area contributed by atoms with Gasteiger partial charge in [-0.1, -0.05) is 24.4 Å². The zero-order chi connectivity index (χ0) is 14.6. The number of nitrogens with zero attached hydrogens (tertiary/aromatic N) is 2. The summed E-state index contributed by atoms with van der Waals surface area (Å²) in [5.74, 6) is 1.81. The summed E-state index contributed by atoms with van der Waals surface area (Å²) in [5, 5.41) is 4.16. The summed E-state index contributed by atoms with van der Waals surface area (Å²) in [6.45, 7) is 7.20. The van der Waals surface area contributed by atoms with Crippen molar-refractivity contribution in [3.63, 3.8) is 0 Å². The third-order valence-electron chi connectivity index (χ3n) is 4.21. The van der Waals surface area contributed by atoms with E-state index < -0.39 is 0 Å². The molecule has 0 amide bonds. The highest BCUT2D eigenvalue weighted by atomic mass is 16.5. The van der Waals surface area contributed by atoms with Crippen LogP contribution in [-0.4, -0.2) is 23.3 Å². The molecule has 20 heavy (non-hydrogen) atoms. The minimum Gasteiger partial charge on any atom is -0.370 e. The van der Waals surface area contributed by atoms with Crippen molar-refractivity contribution in [2.24, 2.45) is 11.7 Å². The van der Waals surface area contributed by atoms with Crippen LogP contribution in [0.5, 0.6) is 0 Å². The summed E-state index contributed by atoms with van der Waals surface area (Å²) in [6, 6.07) is 0. The van der Waals surface area contributed by atoms with Crippen molar-refractivity contribution in [1.29, 1.82) is 0 Å². The molecule has 1 aromatic rings.